The molecule has 0 aliphatic heterocycles. The Morgan fingerprint density at radius 2 is 1.88 bits per heavy atom. The van der Waals surface area contributed by atoms with Crippen LogP contribution >= 0.6 is 11.6 Å². The normalized spacial score (nSPS) is 12.2. The highest BCUT2D eigenvalue weighted by Gasteiger charge is 2.26. The van der Waals surface area contributed by atoms with Crippen molar-refractivity contribution in [3.63, 3.8) is 0 Å². The molecule has 206 valence electrons. The van der Waals surface area contributed by atoms with E-state index in [1.54, 1.807) is 0 Å². The molecule has 0 N–H and O–H groups in total. The van der Waals surface area contributed by atoms with E-state index < -0.39 is 30.9 Å². The third-order valence-corrected chi connectivity index (χ3v) is 6.29. The smallest absolute Gasteiger partial charge is 0.345 e. The molecule has 5 rings (SSSR count). The lowest BCUT2D eigenvalue weighted by molar-refractivity contribution is -0.615. The largest absolute Gasteiger partial charge is 0.619 e. The second kappa shape index (κ2) is 11.2. The van der Waals surface area contributed by atoms with E-state index in [1.807, 2.05) is 0 Å². The fourth-order valence-electron chi connectivity index (χ4n) is 4.19. The molecule has 5 aromatic rings. The minimum absolute atomic E-state index is 0.0496. The van der Waals surface area contributed by atoms with Gasteiger partial charge in [0.15, 0.2) is 24.0 Å². The van der Waals surface area contributed by atoms with Crippen LogP contribution in [0.3, 0.4) is 0 Å². The zero-order chi connectivity index (χ0) is 28.4. The highest BCUT2D eigenvalue weighted by molar-refractivity contribution is 6.31. The third kappa shape index (κ3) is 5.41. The van der Waals surface area contributed by atoms with Gasteiger partial charge in [-0.2, -0.15) is 32.4 Å². The minimum Gasteiger partial charge on any atom is -0.619 e. The summed E-state index contributed by atoms with van der Waals surface area (Å²) in [6, 6.07) is 5.93. The summed E-state index contributed by atoms with van der Waals surface area (Å²) < 4.78 is 62.5. The van der Waals surface area contributed by atoms with E-state index in [-0.39, 0.29) is 45.1 Å². The maximum atomic E-state index is 15.2. The summed E-state index contributed by atoms with van der Waals surface area (Å²) in [5, 5.41) is 39.5. The molecule has 0 saturated heterocycles. The molecular formula is C24H17ClF4N8O3. The van der Waals surface area contributed by atoms with Gasteiger partial charge in [0, 0.05) is 35.9 Å². The minimum atomic E-state index is -3.04. The van der Waals surface area contributed by atoms with Crippen LogP contribution in [0.4, 0.5) is 17.6 Å². The Hall–Kier alpha value is -4.63. The van der Waals surface area contributed by atoms with Gasteiger partial charge in [-0.15, -0.1) is 5.10 Å². The van der Waals surface area contributed by atoms with E-state index in [2.05, 4.69) is 25.4 Å². The molecule has 0 spiro atoms. The predicted octanol–water partition coefficient (Wildman–Crippen LogP) is 3.61. The number of aromatic nitrogens is 8. The molecule has 0 radical (unpaired) electrons. The number of alkyl halides is 2. The molecule has 40 heavy (non-hydrogen) atoms. The molecule has 0 saturated carbocycles. The fraction of sp³-hybridized carbons (Fsp3) is 0.167. The standard InChI is InChI=1S/C24H17ClF4N8O3/c25-17-2-4-21(36-13-30-32-33-36)22(23(17)27)14-1-3-20(37(39)11-14)19(6-8-40-24(28)29)35-10-15(9-31-35)16-5-7-34(38)12-18(16)26/h1-5,7,9-13,19,24H,6,8H2/t19-/m0/s1. The van der Waals surface area contributed by atoms with Gasteiger partial charge in [-0.1, -0.05) is 11.6 Å². The van der Waals surface area contributed by atoms with Gasteiger partial charge in [0.1, 0.15) is 12.4 Å². The molecule has 4 aromatic heterocycles. The molecule has 1 aromatic carbocycles. The molecule has 0 aliphatic carbocycles. The first kappa shape index (κ1) is 27.0. The molecule has 0 amide bonds. The quantitative estimate of drug-likeness (QED) is 0.149. The van der Waals surface area contributed by atoms with Crippen LogP contribution in [0.2, 0.25) is 5.02 Å². The van der Waals surface area contributed by atoms with Crippen LogP contribution < -0.4 is 9.46 Å². The monoisotopic (exact) mass is 576 g/mol. The zero-order valence-electron chi connectivity index (χ0n) is 20.1. The number of nitrogens with zero attached hydrogens (tertiary/aromatic N) is 8. The molecule has 16 heteroatoms. The summed E-state index contributed by atoms with van der Waals surface area (Å²) in [7, 11) is 0. The van der Waals surface area contributed by atoms with Crippen LogP contribution in [0.1, 0.15) is 18.2 Å². The molecular weight excluding hydrogens is 560 g/mol. The average molecular weight is 577 g/mol. The van der Waals surface area contributed by atoms with E-state index in [4.69, 9.17) is 11.6 Å². The van der Waals surface area contributed by atoms with Crippen LogP contribution in [0.25, 0.3) is 27.9 Å². The Morgan fingerprint density at radius 1 is 1.05 bits per heavy atom. The maximum Gasteiger partial charge on any atom is 0.345 e. The summed E-state index contributed by atoms with van der Waals surface area (Å²) >= 11 is 6.00. The molecule has 0 fully saturated rings. The van der Waals surface area contributed by atoms with Crippen LogP contribution in [-0.2, 0) is 4.74 Å². The average Bonchev–Trinajstić information content (AvgIpc) is 3.61. The Labute approximate surface area is 227 Å². The number of halogens is 5. The lowest BCUT2D eigenvalue weighted by Gasteiger charge is -2.18. The van der Waals surface area contributed by atoms with Crippen molar-refractivity contribution >= 4 is 11.6 Å². The van der Waals surface area contributed by atoms with Crippen molar-refractivity contribution in [2.24, 2.45) is 0 Å². The van der Waals surface area contributed by atoms with Gasteiger partial charge in [-0.05, 0) is 28.6 Å². The van der Waals surface area contributed by atoms with Gasteiger partial charge in [-0.25, -0.2) is 4.39 Å². The van der Waals surface area contributed by atoms with Crippen molar-refractivity contribution in [2.75, 3.05) is 6.61 Å². The van der Waals surface area contributed by atoms with Crippen molar-refractivity contribution in [1.29, 1.82) is 0 Å². The topological polar surface area (TPSA) is 125 Å². The highest BCUT2D eigenvalue weighted by atomic mass is 35.5. The molecule has 4 heterocycles. The summed E-state index contributed by atoms with van der Waals surface area (Å²) in [6.07, 6.45) is 6.76. The summed E-state index contributed by atoms with van der Waals surface area (Å²) in [5.41, 5.74) is 0.684. The number of hydrogen-bond acceptors (Lipinski definition) is 7. The molecule has 1 atom stereocenters. The number of rotatable bonds is 9. The van der Waals surface area contributed by atoms with Gasteiger partial charge in [0.05, 0.1) is 34.6 Å². The van der Waals surface area contributed by atoms with Crippen molar-refractivity contribution in [3.8, 4) is 27.9 Å². The fourth-order valence-corrected chi connectivity index (χ4v) is 4.35. The molecule has 0 aliphatic rings. The van der Waals surface area contributed by atoms with Gasteiger partial charge < -0.3 is 15.2 Å². The van der Waals surface area contributed by atoms with Gasteiger partial charge in [0.25, 0.3) is 0 Å². The Kier molecular flexibility index (Phi) is 7.57. The van der Waals surface area contributed by atoms with Gasteiger partial charge in [0.2, 0.25) is 11.9 Å². The van der Waals surface area contributed by atoms with Crippen molar-refractivity contribution < 1.29 is 31.8 Å². The molecule has 0 unspecified atom stereocenters. The number of hydrogen-bond donors (Lipinski definition) is 0. The highest BCUT2D eigenvalue weighted by Crippen LogP contribution is 2.33. The van der Waals surface area contributed by atoms with E-state index in [0.29, 0.717) is 9.46 Å². The number of tetrazole rings is 1. The Morgan fingerprint density at radius 3 is 2.58 bits per heavy atom. The van der Waals surface area contributed by atoms with E-state index in [1.165, 1.54) is 58.4 Å². The number of ether oxygens (including phenoxy) is 1. The first-order valence-corrected chi connectivity index (χ1v) is 11.9. The number of pyridine rings is 2. The summed E-state index contributed by atoms with van der Waals surface area (Å²) in [4.78, 5) is 0. The zero-order valence-corrected chi connectivity index (χ0v) is 20.9. The van der Waals surface area contributed by atoms with Crippen molar-refractivity contribution in [3.05, 3.63) is 100 Å². The van der Waals surface area contributed by atoms with Crippen LogP contribution in [0.15, 0.2) is 67.6 Å². The maximum absolute atomic E-state index is 15.2. The number of benzene rings is 1. The van der Waals surface area contributed by atoms with E-state index >= 15 is 4.39 Å². The molecule has 11 nitrogen and oxygen atoms in total. The van der Waals surface area contributed by atoms with E-state index in [0.717, 1.165) is 18.6 Å². The van der Waals surface area contributed by atoms with Crippen molar-refractivity contribution in [1.82, 2.24) is 30.0 Å². The van der Waals surface area contributed by atoms with Crippen molar-refractivity contribution in [2.45, 2.75) is 19.1 Å². The van der Waals surface area contributed by atoms with Crippen LogP contribution in [0, 0.1) is 22.0 Å². The second-order valence-electron chi connectivity index (χ2n) is 8.39. The van der Waals surface area contributed by atoms with Gasteiger partial charge in [-0.3, -0.25) is 4.68 Å². The summed E-state index contributed by atoms with van der Waals surface area (Å²) in [5.74, 6) is -1.62. The van der Waals surface area contributed by atoms with Gasteiger partial charge >= 0.3 is 6.61 Å². The lowest BCUT2D eigenvalue weighted by Crippen LogP contribution is -2.36. The Bertz CT molecular complexity index is 1650. The second-order valence-corrected chi connectivity index (χ2v) is 8.80. The third-order valence-electron chi connectivity index (χ3n) is 6.00. The first-order valence-electron chi connectivity index (χ1n) is 11.5. The van der Waals surface area contributed by atoms with Crippen LogP contribution in [0.5, 0.6) is 0 Å². The molecule has 0 bridgehead atoms. The lowest BCUT2D eigenvalue weighted by atomic mass is 10.0. The summed E-state index contributed by atoms with van der Waals surface area (Å²) in [6.45, 7) is -3.48. The Balaban J connectivity index is 1.55. The first-order chi connectivity index (χ1) is 19.2. The SMILES string of the molecule is [O-][n+]1ccc(-c2cnn([C@@H](CCOC(F)F)c3ccc(-c4c(-n5cnnn5)ccc(Cl)c4F)c[n+]3[O-])c2)c(F)c1. The van der Waals surface area contributed by atoms with E-state index in [9.17, 15) is 23.6 Å². The predicted molar refractivity (Wildman–Crippen MR) is 130 cm³/mol. The van der Waals surface area contributed by atoms with Crippen LogP contribution in [-0.4, -0.2) is 43.2 Å².